The van der Waals surface area contributed by atoms with Crippen molar-refractivity contribution in [1.82, 2.24) is 15.2 Å². The molecule has 6 nitrogen and oxygen atoms in total. The van der Waals surface area contributed by atoms with E-state index >= 15 is 0 Å². The number of ketones is 1. The van der Waals surface area contributed by atoms with Gasteiger partial charge in [-0.1, -0.05) is 25.1 Å². The highest BCUT2D eigenvalue weighted by Crippen LogP contribution is 2.32. The SMILES string of the molecule is CCc1c(C(=O)N2CCNCC2c2ccccc2OC)[nH]c(C)c1C(C)=O.Cl. The number of para-hydroxylation sites is 1. The molecule has 1 aliphatic heterocycles. The first-order valence-electron chi connectivity index (χ1n) is 9.36. The fourth-order valence-electron chi connectivity index (χ4n) is 4.00. The lowest BCUT2D eigenvalue weighted by Gasteiger charge is -2.37. The number of amides is 1. The smallest absolute Gasteiger partial charge is 0.271 e. The third-order valence-corrected chi connectivity index (χ3v) is 5.21. The van der Waals surface area contributed by atoms with Crippen molar-refractivity contribution >= 4 is 24.1 Å². The Kier molecular flexibility index (Phi) is 7.27. The second-order valence-corrected chi connectivity index (χ2v) is 6.85. The Hall–Kier alpha value is -2.31. The number of piperazine rings is 1. The molecular weight excluding hydrogens is 378 g/mol. The van der Waals surface area contributed by atoms with Crippen LogP contribution in [0.2, 0.25) is 0 Å². The number of rotatable bonds is 5. The Morgan fingerprint density at radius 1 is 1.29 bits per heavy atom. The minimum Gasteiger partial charge on any atom is -0.496 e. The molecule has 3 rings (SSSR count). The average molecular weight is 406 g/mol. The number of hydrogen-bond donors (Lipinski definition) is 2. The van der Waals surface area contributed by atoms with Crippen LogP contribution in [-0.4, -0.2) is 48.3 Å². The van der Waals surface area contributed by atoms with Gasteiger partial charge in [0.05, 0.1) is 13.2 Å². The minimum absolute atomic E-state index is 0. The summed E-state index contributed by atoms with van der Waals surface area (Å²) in [6, 6.07) is 7.67. The molecule has 1 aromatic heterocycles. The van der Waals surface area contributed by atoms with E-state index in [0.717, 1.165) is 29.1 Å². The number of methoxy groups -OCH3 is 1. The second-order valence-electron chi connectivity index (χ2n) is 6.85. The first kappa shape index (κ1) is 22.0. The van der Waals surface area contributed by atoms with Gasteiger partial charge in [-0.2, -0.15) is 0 Å². The Bertz CT molecular complexity index is 863. The van der Waals surface area contributed by atoms with Crippen molar-refractivity contribution in [3.63, 3.8) is 0 Å². The van der Waals surface area contributed by atoms with Crippen LogP contribution >= 0.6 is 12.4 Å². The number of H-pyrrole nitrogens is 1. The van der Waals surface area contributed by atoms with Gasteiger partial charge in [-0.15, -0.1) is 12.4 Å². The van der Waals surface area contributed by atoms with Gasteiger partial charge in [-0.05, 0) is 31.9 Å². The first-order chi connectivity index (χ1) is 13.0. The molecule has 1 aromatic carbocycles. The average Bonchev–Trinajstić information content (AvgIpc) is 3.03. The minimum atomic E-state index is -0.128. The number of nitrogens with one attached hydrogen (secondary N) is 2. The molecular formula is C21H28ClN3O3. The summed E-state index contributed by atoms with van der Waals surface area (Å²) in [7, 11) is 1.64. The third kappa shape index (κ3) is 3.93. The van der Waals surface area contributed by atoms with Crippen LogP contribution in [0.25, 0.3) is 0 Å². The Morgan fingerprint density at radius 3 is 2.64 bits per heavy atom. The van der Waals surface area contributed by atoms with Gasteiger partial charge in [0.2, 0.25) is 0 Å². The largest absolute Gasteiger partial charge is 0.496 e. The maximum atomic E-state index is 13.5. The highest BCUT2D eigenvalue weighted by molar-refractivity contribution is 6.02. The number of Topliss-reactive ketones (excluding diaryl/α,β-unsaturated/α-hetero) is 1. The van der Waals surface area contributed by atoms with E-state index in [0.29, 0.717) is 30.8 Å². The predicted molar refractivity (Wildman–Crippen MR) is 112 cm³/mol. The van der Waals surface area contributed by atoms with Crippen molar-refractivity contribution in [2.24, 2.45) is 0 Å². The Morgan fingerprint density at radius 2 is 2.00 bits per heavy atom. The van der Waals surface area contributed by atoms with Crippen LogP contribution in [0.3, 0.4) is 0 Å². The molecule has 7 heteroatoms. The number of aromatic nitrogens is 1. The van der Waals surface area contributed by atoms with E-state index in [4.69, 9.17) is 4.74 Å². The third-order valence-electron chi connectivity index (χ3n) is 5.21. The number of carbonyl (C=O) groups excluding carboxylic acids is 2. The van der Waals surface area contributed by atoms with Gasteiger partial charge in [0.25, 0.3) is 5.91 Å². The quantitative estimate of drug-likeness (QED) is 0.748. The lowest BCUT2D eigenvalue weighted by Crippen LogP contribution is -2.49. The molecule has 28 heavy (non-hydrogen) atoms. The van der Waals surface area contributed by atoms with Crippen LogP contribution in [-0.2, 0) is 6.42 Å². The van der Waals surface area contributed by atoms with Crippen molar-refractivity contribution in [3.8, 4) is 5.75 Å². The van der Waals surface area contributed by atoms with Gasteiger partial charge in [-0.25, -0.2) is 0 Å². The van der Waals surface area contributed by atoms with E-state index in [2.05, 4.69) is 10.3 Å². The fourth-order valence-corrected chi connectivity index (χ4v) is 4.00. The van der Waals surface area contributed by atoms with Crippen molar-refractivity contribution < 1.29 is 14.3 Å². The molecule has 2 aromatic rings. The molecule has 0 spiro atoms. The van der Waals surface area contributed by atoms with Crippen LogP contribution in [0.15, 0.2) is 24.3 Å². The highest BCUT2D eigenvalue weighted by Gasteiger charge is 2.33. The number of ether oxygens (including phenoxy) is 1. The van der Waals surface area contributed by atoms with E-state index in [1.165, 1.54) is 0 Å². The van der Waals surface area contributed by atoms with Gasteiger partial charge < -0.3 is 19.9 Å². The summed E-state index contributed by atoms with van der Waals surface area (Å²) in [4.78, 5) is 30.6. The molecule has 0 radical (unpaired) electrons. The van der Waals surface area contributed by atoms with E-state index in [1.807, 2.05) is 43.0 Å². The molecule has 0 bridgehead atoms. The molecule has 1 atom stereocenters. The van der Waals surface area contributed by atoms with Gasteiger partial charge in [0, 0.05) is 36.5 Å². The zero-order valence-electron chi connectivity index (χ0n) is 16.8. The normalized spacial score (nSPS) is 16.4. The molecule has 0 aliphatic carbocycles. The van der Waals surface area contributed by atoms with E-state index < -0.39 is 0 Å². The standard InChI is InChI=1S/C21H27N3O3.ClH/c1-5-15-19(14(3)25)13(2)23-20(15)21(26)24-11-10-22-12-17(24)16-8-6-7-9-18(16)27-4;/h6-9,17,22-23H,5,10-12H2,1-4H3;1H. The van der Waals surface area contributed by atoms with Crippen molar-refractivity contribution in [3.05, 3.63) is 52.3 Å². The molecule has 1 aliphatic rings. The molecule has 1 unspecified atom stereocenters. The topological polar surface area (TPSA) is 74.4 Å². The van der Waals surface area contributed by atoms with Gasteiger partial charge >= 0.3 is 0 Å². The lowest BCUT2D eigenvalue weighted by molar-refractivity contribution is 0.0625. The maximum absolute atomic E-state index is 13.5. The van der Waals surface area contributed by atoms with Crippen LogP contribution in [0, 0.1) is 6.92 Å². The van der Waals surface area contributed by atoms with Gasteiger partial charge in [0.15, 0.2) is 5.78 Å². The van der Waals surface area contributed by atoms with E-state index in [-0.39, 0.29) is 30.1 Å². The molecule has 152 valence electrons. The molecule has 1 saturated heterocycles. The summed E-state index contributed by atoms with van der Waals surface area (Å²) in [5, 5.41) is 3.37. The van der Waals surface area contributed by atoms with Crippen LogP contribution in [0.5, 0.6) is 5.75 Å². The Balaban J connectivity index is 0.00000280. The number of aromatic amines is 1. The first-order valence-corrected chi connectivity index (χ1v) is 9.36. The van der Waals surface area contributed by atoms with E-state index in [1.54, 1.807) is 14.0 Å². The number of halogens is 1. The molecule has 2 heterocycles. The number of carbonyl (C=O) groups is 2. The van der Waals surface area contributed by atoms with Crippen molar-refractivity contribution in [2.45, 2.75) is 33.2 Å². The molecule has 0 saturated carbocycles. The van der Waals surface area contributed by atoms with Crippen LogP contribution in [0.1, 0.15) is 57.6 Å². The molecule has 1 fully saturated rings. The Labute approximate surface area is 172 Å². The maximum Gasteiger partial charge on any atom is 0.271 e. The summed E-state index contributed by atoms with van der Waals surface area (Å²) in [6.07, 6.45) is 0.631. The van der Waals surface area contributed by atoms with Crippen molar-refractivity contribution in [1.29, 1.82) is 0 Å². The summed E-state index contributed by atoms with van der Waals surface area (Å²) in [5.41, 5.74) is 3.72. The number of aryl methyl sites for hydroxylation is 1. The summed E-state index contributed by atoms with van der Waals surface area (Å²) in [5.74, 6) is 0.688. The number of hydrogen-bond acceptors (Lipinski definition) is 4. The number of benzene rings is 1. The van der Waals surface area contributed by atoms with Crippen LogP contribution < -0.4 is 10.1 Å². The molecule has 1 amide bonds. The summed E-state index contributed by atoms with van der Waals surface area (Å²) in [6.45, 7) is 7.36. The van der Waals surface area contributed by atoms with Crippen molar-refractivity contribution in [2.75, 3.05) is 26.7 Å². The number of nitrogens with zero attached hydrogens (tertiary/aromatic N) is 1. The highest BCUT2D eigenvalue weighted by atomic mass is 35.5. The lowest BCUT2D eigenvalue weighted by atomic mass is 9.99. The zero-order chi connectivity index (χ0) is 19.6. The van der Waals surface area contributed by atoms with Crippen LogP contribution in [0.4, 0.5) is 0 Å². The molecule has 2 N–H and O–H groups in total. The predicted octanol–water partition coefficient (Wildman–Crippen LogP) is 3.31. The second kappa shape index (κ2) is 9.26. The van der Waals surface area contributed by atoms with Gasteiger partial charge in [0.1, 0.15) is 11.4 Å². The zero-order valence-corrected chi connectivity index (χ0v) is 17.6. The van der Waals surface area contributed by atoms with E-state index in [9.17, 15) is 9.59 Å². The van der Waals surface area contributed by atoms with Gasteiger partial charge in [-0.3, -0.25) is 9.59 Å². The summed E-state index contributed by atoms with van der Waals surface area (Å²) < 4.78 is 5.51. The monoisotopic (exact) mass is 405 g/mol. The fraction of sp³-hybridized carbons (Fsp3) is 0.429. The summed E-state index contributed by atoms with van der Waals surface area (Å²) >= 11 is 0.